The molecule has 0 radical (unpaired) electrons. The Labute approximate surface area is 341 Å². The highest BCUT2D eigenvalue weighted by atomic mass is 15.2. The fraction of sp³-hybridized carbons (Fsp3) is 0.107. The zero-order chi connectivity index (χ0) is 38.2. The molecule has 2 unspecified atom stereocenters. The van der Waals surface area contributed by atoms with E-state index in [1.165, 1.54) is 89.5 Å². The number of rotatable bonds is 4. The van der Waals surface area contributed by atoms with Crippen LogP contribution in [0, 0.1) is 5.92 Å². The lowest BCUT2D eigenvalue weighted by Gasteiger charge is -2.35. The minimum atomic E-state index is -0.409. The van der Waals surface area contributed by atoms with E-state index >= 15 is 0 Å². The summed E-state index contributed by atoms with van der Waals surface area (Å²) in [5.74, 6) is 0.318. The van der Waals surface area contributed by atoms with Gasteiger partial charge in [-0.2, -0.15) is 0 Å². The van der Waals surface area contributed by atoms with Crippen molar-refractivity contribution in [1.82, 2.24) is 0 Å². The molecule has 2 atom stereocenters. The first-order valence-electron chi connectivity index (χ1n) is 20.8. The van der Waals surface area contributed by atoms with E-state index in [4.69, 9.17) is 0 Å². The molecule has 58 heavy (non-hydrogen) atoms. The maximum Gasteiger partial charge on any atom is 0.0726 e. The number of anilines is 4. The summed E-state index contributed by atoms with van der Waals surface area (Å²) >= 11 is 0. The predicted molar refractivity (Wildman–Crippen MR) is 243 cm³/mol. The van der Waals surface area contributed by atoms with Gasteiger partial charge in [0.2, 0.25) is 0 Å². The SMILES string of the molecule is C1=CC2C=Cc3ccccc3N(c3ccc(/C=C/c4ccc5c(c4)C4(c6ccccc6-c6ccccc64)c4cc(N6CCCc7ccccc76)ccc4-5)cc3)C2C=C1. The summed E-state index contributed by atoms with van der Waals surface area (Å²) in [6.07, 6.45) is 20.5. The van der Waals surface area contributed by atoms with E-state index in [2.05, 4.69) is 216 Å². The van der Waals surface area contributed by atoms with Gasteiger partial charge in [0.1, 0.15) is 0 Å². The van der Waals surface area contributed by atoms with Gasteiger partial charge in [-0.05, 0) is 122 Å². The average Bonchev–Trinajstić information content (AvgIpc) is 3.68. The van der Waals surface area contributed by atoms with Gasteiger partial charge < -0.3 is 9.80 Å². The molecule has 0 saturated heterocycles. The summed E-state index contributed by atoms with van der Waals surface area (Å²) in [6, 6.07) is 59.7. The van der Waals surface area contributed by atoms with E-state index in [-0.39, 0.29) is 6.04 Å². The Morgan fingerprint density at radius 2 is 1.12 bits per heavy atom. The van der Waals surface area contributed by atoms with Crippen molar-refractivity contribution < 1.29 is 0 Å². The topological polar surface area (TPSA) is 6.48 Å². The lowest BCUT2D eigenvalue weighted by Crippen LogP contribution is -2.35. The van der Waals surface area contributed by atoms with Crippen molar-refractivity contribution in [1.29, 1.82) is 0 Å². The third kappa shape index (κ3) is 4.91. The quantitative estimate of drug-likeness (QED) is 0.166. The summed E-state index contributed by atoms with van der Waals surface area (Å²) < 4.78 is 0. The molecule has 7 aromatic rings. The first-order valence-corrected chi connectivity index (χ1v) is 20.8. The van der Waals surface area contributed by atoms with Gasteiger partial charge in [-0.3, -0.25) is 0 Å². The van der Waals surface area contributed by atoms with Crippen LogP contribution in [0.15, 0.2) is 188 Å². The second kappa shape index (κ2) is 13.1. The largest absolute Gasteiger partial charge is 0.341 e. The second-order valence-corrected chi connectivity index (χ2v) is 16.3. The third-order valence-electron chi connectivity index (χ3n) is 13.3. The summed E-state index contributed by atoms with van der Waals surface area (Å²) in [5, 5.41) is 0. The summed E-state index contributed by atoms with van der Waals surface area (Å²) in [4.78, 5) is 5.05. The Morgan fingerprint density at radius 3 is 1.95 bits per heavy atom. The van der Waals surface area contributed by atoms with Crippen LogP contribution in [0.4, 0.5) is 22.7 Å². The molecule has 2 nitrogen and oxygen atoms in total. The maximum atomic E-state index is 2.55. The fourth-order valence-corrected chi connectivity index (χ4v) is 10.7. The van der Waals surface area contributed by atoms with E-state index in [0.717, 1.165) is 19.4 Å². The number of hydrogen-bond acceptors (Lipinski definition) is 2. The van der Waals surface area contributed by atoms with Gasteiger partial charge in [-0.15, -0.1) is 0 Å². The van der Waals surface area contributed by atoms with Gasteiger partial charge >= 0.3 is 0 Å². The highest BCUT2D eigenvalue weighted by molar-refractivity contribution is 5.96. The molecule has 0 N–H and O–H groups in total. The molecule has 0 amide bonds. The summed E-state index contributed by atoms with van der Waals surface area (Å²) in [6.45, 7) is 1.02. The van der Waals surface area contributed by atoms with Gasteiger partial charge in [-0.25, -0.2) is 0 Å². The lowest BCUT2D eigenvalue weighted by atomic mass is 9.70. The predicted octanol–water partition coefficient (Wildman–Crippen LogP) is 13.6. The third-order valence-corrected chi connectivity index (χ3v) is 13.3. The fourth-order valence-electron chi connectivity index (χ4n) is 10.7. The summed E-state index contributed by atoms with van der Waals surface area (Å²) in [7, 11) is 0. The first kappa shape index (κ1) is 33.3. The van der Waals surface area contributed by atoms with E-state index in [9.17, 15) is 0 Å². The number of allylic oxidation sites excluding steroid dienone is 2. The van der Waals surface area contributed by atoms with Gasteiger partial charge in [-0.1, -0.05) is 164 Å². The van der Waals surface area contributed by atoms with Crippen LogP contribution in [0.1, 0.15) is 50.9 Å². The van der Waals surface area contributed by atoms with Gasteiger partial charge in [0.05, 0.1) is 11.5 Å². The van der Waals surface area contributed by atoms with E-state index in [1.54, 1.807) is 0 Å². The smallest absolute Gasteiger partial charge is 0.0726 e. The van der Waals surface area contributed by atoms with Crippen molar-refractivity contribution in [3.63, 3.8) is 0 Å². The van der Waals surface area contributed by atoms with Crippen LogP contribution in [0.5, 0.6) is 0 Å². The Morgan fingerprint density at radius 1 is 0.500 bits per heavy atom. The minimum absolute atomic E-state index is 0.228. The van der Waals surface area contributed by atoms with Crippen molar-refractivity contribution in [2.45, 2.75) is 24.3 Å². The molecule has 12 rings (SSSR count). The molecular weight excluding hydrogens is 701 g/mol. The molecule has 0 fully saturated rings. The number of para-hydroxylation sites is 2. The van der Waals surface area contributed by atoms with E-state index in [1.807, 2.05) is 0 Å². The van der Waals surface area contributed by atoms with E-state index < -0.39 is 5.41 Å². The van der Waals surface area contributed by atoms with Crippen molar-refractivity contribution in [2.75, 3.05) is 16.3 Å². The van der Waals surface area contributed by atoms with Crippen molar-refractivity contribution >= 4 is 41.0 Å². The molecule has 3 aliphatic carbocycles. The van der Waals surface area contributed by atoms with Gasteiger partial charge in [0.15, 0.2) is 0 Å². The molecule has 276 valence electrons. The Kier molecular flexibility index (Phi) is 7.50. The maximum absolute atomic E-state index is 2.55. The Hall–Kier alpha value is -6.90. The van der Waals surface area contributed by atoms with Crippen molar-refractivity contribution in [2.24, 2.45) is 5.92 Å². The number of nitrogens with zero attached hydrogens (tertiary/aromatic N) is 2. The number of benzene rings is 7. The second-order valence-electron chi connectivity index (χ2n) is 16.3. The van der Waals surface area contributed by atoms with Crippen molar-refractivity contribution in [3.8, 4) is 22.3 Å². The molecule has 0 saturated carbocycles. The molecule has 2 heterocycles. The van der Waals surface area contributed by atoms with Crippen LogP contribution in [-0.2, 0) is 11.8 Å². The zero-order valence-electron chi connectivity index (χ0n) is 32.3. The standard InChI is InChI=1S/C56H42N2/c1-8-20-53-40(12-1)15-11-35-57(53)44-32-34-48-47-33-27-39(36-51(47)56(52(48)37-44)49-18-6-4-16-45(49)46-17-5-7-19-50(46)56)24-23-38-25-30-43(31-26-38)58-54-21-9-2-13-41(54)28-29-42-14-3-10-22-55(42)58/h1-10,12-14,16-34,36-37,41,54H,11,15,35H2/b24-23+. The molecular formula is C56H42N2. The van der Waals surface area contributed by atoms with Crippen LogP contribution in [0.25, 0.3) is 40.5 Å². The van der Waals surface area contributed by atoms with E-state index in [0.29, 0.717) is 5.92 Å². The molecule has 0 bridgehead atoms. The molecule has 1 spiro atoms. The normalized spacial score (nSPS) is 18.6. The first-order chi connectivity index (χ1) is 28.8. The average molecular weight is 743 g/mol. The Bertz CT molecular complexity index is 2860. The monoisotopic (exact) mass is 742 g/mol. The van der Waals surface area contributed by atoms with Crippen LogP contribution >= 0.6 is 0 Å². The Balaban J connectivity index is 0.947. The van der Waals surface area contributed by atoms with Gasteiger partial charge in [0, 0.05) is 35.2 Å². The highest BCUT2D eigenvalue weighted by Gasteiger charge is 2.51. The van der Waals surface area contributed by atoms with Gasteiger partial charge in [0.25, 0.3) is 0 Å². The molecule has 2 aliphatic heterocycles. The number of hydrogen-bond donors (Lipinski definition) is 0. The number of fused-ring (bicyclic) bond motifs is 13. The molecule has 5 aliphatic rings. The van der Waals surface area contributed by atoms with Crippen LogP contribution in [0.2, 0.25) is 0 Å². The number of aryl methyl sites for hydroxylation is 1. The van der Waals surface area contributed by atoms with Crippen molar-refractivity contribution in [3.05, 3.63) is 233 Å². The summed E-state index contributed by atoms with van der Waals surface area (Å²) in [5.41, 5.74) is 20.5. The highest BCUT2D eigenvalue weighted by Crippen LogP contribution is 2.63. The molecule has 7 aromatic carbocycles. The minimum Gasteiger partial charge on any atom is -0.341 e. The zero-order valence-corrected chi connectivity index (χ0v) is 32.3. The lowest BCUT2D eigenvalue weighted by molar-refractivity contribution is 0.669. The van der Waals surface area contributed by atoms with Crippen LogP contribution < -0.4 is 9.80 Å². The molecule has 2 heteroatoms. The van der Waals surface area contributed by atoms with Crippen LogP contribution in [0.3, 0.4) is 0 Å². The molecule has 0 aromatic heterocycles. The van der Waals surface area contributed by atoms with Crippen LogP contribution in [-0.4, -0.2) is 12.6 Å².